The number of rotatable bonds is 7. The van der Waals surface area contributed by atoms with Crippen molar-refractivity contribution < 1.29 is 4.79 Å². The molecule has 1 aromatic heterocycles. The third kappa shape index (κ3) is 4.96. The maximum Gasteiger partial charge on any atom is 0.319 e. The van der Waals surface area contributed by atoms with E-state index in [0.29, 0.717) is 13.1 Å². The molecule has 0 saturated heterocycles. The average Bonchev–Trinajstić information content (AvgIpc) is 3.16. The van der Waals surface area contributed by atoms with Gasteiger partial charge in [-0.3, -0.25) is 4.68 Å². The molecule has 0 unspecified atom stereocenters. The van der Waals surface area contributed by atoms with E-state index in [0.717, 1.165) is 29.7 Å². The zero-order chi connectivity index (χ0) is 18.2. The first-order valence-corrected chi connectivity index (χ1v) is 8.92. The number of aryl methyl sites for hydroxylation is 1. The molecule has 0 spiro atoms. The topological polar surface area (TPSA) is 59.0 Å². The second-order valence-electron chi connectivity index (χ2n) is 6.23. The van der Waals surface area contributed by atoms with Crippen LogP contribution in [0.15, 0.2) is 67.0 Å². The molecule has 0 fully saturated rings. The highest BCUT2D eigenvalue weighted by Crippen LogP contribution is 2.12. The fourth-order valence-electron chi connectivity index (χ4n) is 2.85. The van der Waals surface area contributed by atoms with Gasteiger partial charge in [-0.2, -0.15) is 5.10 Å². The van der Waals surface area contributed by atoms with Crippen LogP contribution >= 0.6 is 0 Å². The van der Waals surface area contributed by atoms with Gasteiger partial charge in [0.1, 0.15) is 0 Å². The van der Waals surface area contributed by atoms with E-state index in [1.54, 1.807) is 6.20 Å². The van der Waals surface area contributed by atoms with E-state index >= 15 is 0 Å². The van der Waals surface area contributed by atoms with Crippen molar-refractivity contribution in [2.24, 2.45) is 0 Å². The van der Waals surface area contributed by atoms with Crippen LogP contribution in [0, 0.1) is 0 Å². The summed E-state index contributed by atoms with van der Waals surface area (Å²) in [7, 11) is 0. The summed E-state index contributed by atoms with van der Waals surface area (Å²) in [6, 6.07) is 17.8. The second kappa shape index (κ2) is 8.85. The van der Waals surface area contributed by atoms with Crippen molar-refractivity contribution >= 4 is 11.7 Å². The monoisotopic (exact) mass is 348 g/mol. The van der Waals surface area contributed by atoms with Gasteiger partial charge in [-0.05, 0) is 41.3 Å². The van der Waals surface area contributed by atoms with E-state index in [9.17, 15) is 4.79 Å². The SMILES string of the molecule is CCCc1ccc(NC(=O)NCc2ccccc2Cn2cccn2)cc1. The summed E-state index contributed by atoms with van der Waals surface area (Å²) in [4.78, 5) is 12.2. The predicted octanol–water partition coefficient (Wildman–Crippen LogP) is 4.21. The molecule has 2 aromatic carbocycles. The molecule has 0 saturated carbocycles. The fraction of sp³-hybridized carbons (Fsp3) is 0.238. The normalized spacial score (nSPS) is 10.5. The van der Waals surface area contributed by atoms with Crippen molar-refractivity contribution in [1.29, 1.82) is 0 Å². The quantitative estimate of drug-likeness (QED) is 0.672. The lowest BCUT2D eigenvalue weighted by Gasteiger charge is -2.12. The Bertz CT molecular complexity index is 825. The highest BCUT2D eigenvalue weighted by Gasteiger charge is 2.06. The number of carbonyl (C=O) groups is 1. The van der Waals surface area contributed by atoms with Gasteiger partial charge in [-0.25, -0.2) is 4.79 Å². The molecule has 5 nitrogen and oxygen atoms in total. The maximum atomic E-state index is 12.2. The van der Waals surface area contributed by atoms with Crippen molar-refractivity contribution in [2.45, 2.75) is 32.9 Å². The van der Waals surface area contributed by atoms with Crippen molar-refractivity contribution in [1.82, 2.24) is 15.1 Å². The molecule has 3 rings (SSSR count). The first-order chi connectivity index (χ1) is 12.7. The predicted molar refractivity (Wildman–Crippen MR) is 104 cm³/mol. The minimum Gasteiger partial charge on any atom is -0.334 e. The Hall–Kier alpha value is -3.08. The van der Waals surface area contributed by atoms with Gasteiger partial charge < -0.3 is 10.6 Å². The summed E-state index contributed by atoms with van der Waals surface area (Å²) < 4.78 is 1.87. The first-order valence-electron chi connectivity index (χ1n) is 8.92. The molecule has 0 aliphatic heterocycles. The van der Waals surface area contributed by atoms with E-state index in [1.165, 1.54) is 5.56 Å². The van der Waals surface area contributed by atoms with Crippen LogP contribution in [0.1, 0.15) is 30.0 Å². The number of benzene rings is 2. The Balaban J connectivity index is 1.56. The highest BCUT2D eigenvalue weighted by molar-refractivity contribution is 5.89. The molecule has 26 heavy (non-hydrogen) atoms. The number of nitrogens with one attached hydrogen (secondary N) is 2. The summed E-state index contributed by atoms with van der Waals surface area (Å²) in [5.74, 6) is 0. The number of nitrogens with zero attached hydrogens (tertiary/aromatic N) is 2. The van der Waals surface area contributed by atoms with E-state index in [2.05, 4.69) is 40.9 Å². The Morgan fingerprint density at radius 1 is 1.04 bits per heavy atom. The molecule has 2 amide bonds. The van der Waals surface area contributed by atoms with Gasteiger partial charge in [0.15, 0.2) is 0 Å². The molecular weight excluding hydrogens is 324 g/mol. The minimum absolute atomic E-state index is 0.206. The van der Waals surface area contributed by atoms with Crippen molar-refractivity contribution in [2.75, 3.05) is 5.32 Å². The lowest BCUT2D eigenvalue weighted by atomic mass is 10.1. The average molecular weight is 348 g/mol. The van der Waals surface area contributed by atoms with Crippen molar-refractivity contribution in [3.05, 3.63) is 83.7 Å². The summed E-state index contributed by atoms with van der Waals surface area (Å²) in [6.45, 7) is 3.31. The van der Waals surface area contributed by atoms with Crippen LogP contribution in [-0.2, 0) is 19.5 Å². The number of urea groups is 1. The molecular formula is C21H24N4O. The number of amides is 2. The summed E-state index contributed by atoms with van der Waals surface area (Å²) >= 11 is 0. The van der Waals surface area contributed by atoms with Crippen LogP contribution in [0.25, 0.3) is 0 Å². The maximum absolute atomic E-state index is 12.2. The van der Waals surface area contributed by atoms with Crippen LogP contribution in [0.3, 0.4) is 0 Å². The minimum atomic E-state index is -0.206. The van der Waals surface area contributed by atoms with Crippen LogP contribution in [0.2, 0.25) is 0 Å². The second-order valence-corrected chi connectivity index (χ2v) is 6.23. The summed E-state index contributed by atoms with van der Waals surface area (Å²) in [5.41, 5.74) is 4.30. The van der Waals surface area contributed by atoms with Crippen molar-refractivity contribution in [3.8, 4) is 0 Å². The first kappa shape index (κ1) is 17.7. The lowest BCUT2D eigenvalue weighted by Crippen LogP contribution is -2.28. The zero-order valence-corrected chi connectivity index (χ0v) is 15.0. The Kier molecular flexibility index (Phi) is 6.04. The molecule has 1 heterocycles. The van der Waals surface area contributed by atoms with Gasteiger partial charge in [-0.15, -0.1) is 0 Å². The molecule has 0 atom stereocenters. The third-order valence-corrected chi connectivity index (χ3v) is 4.20. The van der Waals surface area contributed by atoms with Gasteiger partial charge in [0.05, 0.1) is 6.54 Å². The number of hydrogen-bond acceptors (Lipinski definition) is 2. The molecule has 134 valence electrons. The molecule has 0 aliphatic rings. The Morgan fingerprint density at radius 2 is 1.81 bits per heavy atom. The van der Waals surface area contributed by atoms with Gasteiger partial charge in [0.2, 0.25) is 0 Å². The van der Waals surface area contributed by atoms with Crippen LogP contribution in [-0.4, -0.2) is 15.8 Å². The summed E-state index contributed by atoms with van der Waals surface area (Å²) in [5, 5.41) is 10.0. The summed E-state index contributed by atoms with van der Waals surface area (Å²) in [6.07, 6.45) is 5.87. The molecule has 2 N–H and O–H groups in total. The molecule has 3 aromatic rings. The molecule has 0 aliphatic carbocycles. The molecule has 5 heteroatoms. The van der Waals surface area contributed by atoms with E-state index in [1.807, 2.05) is 47.3 Å². The van der Waals surface area contributed by atoms with Crippen LogP contribution in [0.5, 0.6) is 0 Å². The molecule has 0 radical (unpaired) electrons. The van der Waals surface area contributed by atoms with Gasteiger partial charge >= 0.3 is 6.03 Å². The highest BCUT2D eigenvalue weighted by atomic mass is 16.2. The Labute approximate surface area is 154 Å². The zero-order valence-electron chi connectivity index (χ0n) is 15.0. The smallest absolute Gasteiger partial charge is 0.319 e. The largest absolute Gasteiger partial charge is 0.334 e. The third-order valence-electron chi connectivity index (χ3n) is 4.20. The van der Waals surface area contributed by atoms with Gasteiger partial charge in [0, 0.05) is 24.6 Å². The van der Waals surface area contributed by atoms with E-state index in [-0.39, 0.29) is 6.03 Å². The van der Waals surface area contributed by atoms with Gasteiger partial charge in [-0.1, -0.05) is 49.7 Å². The van der Waals surface area contributed by atoms with Crippen molar-refractivity contribution in [3.63, 3.8) is 0 Å². The fourth-order valence-corrected chi connectivity index (χ4v) is 2.85. The van der Waals surface area contributed by atoms with Gasteiger partial charge in [0.25, 0.3) is 0 Å². The number of anilines is 1. The lowest BCUT2D eigenvalue weighted by molar-refractivity contribution is 0.251. The standard InChI is InChI=1S/C21H24N4O/c1-2-6-17-9-11-20(12-10-17)24-21(26)22-15-18-7-3-4-8-19(18)16-25-14-5-13-23-25/h3-5,7-14H,2,6,15-16H2,1H3,(H2,22,24,26). The molecule has 0 bridgehead atoms. The van der Waals surface area contributed by atoms with E-state index in [4.69, 9.17) is 0 Å². The Morgan fingerprint density at radius 3 is 2.50 bits per heavy atom. The van der Waals surface area contributed by atoms with Crippen LogP contribution in [0.4, 0.5) is 10.5 Å². The van der Waals surface area contributed by atoms with Crippen LogP contribution < -0.4 is 10.6 Å². The van der Waals surface area contributed by atoms with E-state index < -0.39 is 0 Å². The number of carbonyl (C=O) groups excluding carboxylic acids is 1. The number of hydrogen-bond donors (Lipinski definition) is 2. The number of aromatic nitrogens is 2.